The van der Waals surface area contributed by atoms with E-state index >= 15 is 0 Å². The van der Waals surface area contributed by atoms with Crippen LogP contribution in [0.3, 0.4) is 0 Å². The van der Waals surface area contributed by atoms with Crippen LogP contribution >= 0.6 is 0 Å². The minimum absolute atomic E-state index is 0.123. The van der Waals surface area contributed by atoms with Crippen LogP contribution in [-0.2, 0) is 16.6 Å². The zero-order chi connectivity index (χ0) is 12.3. The van der Waals surface area contributed by atoms with Crippen molar-refractivity contribution in [2.45, 2.75) is 31.4 Å². The lowest BCUT2D eigenvalue weighted by Gasteiger charge is -2.06. The van der Waals surface area contributed by atoms with Gasteiger partial charge in [-0.1, -0.05) is 12.8 Å². The van der Waals surface area contributed by atoms with Gasteiger partial charge in [0.25, 0.3) is 0 Å². The van der Waals surface area contributed by atoms with Gasteiger partial charge in [-0.2, -0.15) is 0 Å². The molecule has 94 valence electrons. The molecule has 17 heavy (non-hydrogen) atoms. The zero-order valence-corrected chi connectivity index (χ0v) is 10.4. The molecule has 0 radical (unpaired) electrons. The third kappa shape index (κ3) is 3.43. The lowest BCUT2D eigenvalue weighted by molar-refractivity contribution is 0.0696. The Morgan fingerprint density at radius 2 is 2.18 bits per heavy atom. The van der Waals surface area contributed by atoms with E-state index in [0.29, 0.717) is 23.2 Å². The fraction of sp³-hybridized carbons (Fsp3) is 0.583. The average molecular weight is 256 g/mol. The molecule has 5 heteroatoms. The SMILES string of the molecule is O=C(O)c1coc(CS(=O)CC2CCCC2)c1. The van der Waals surface area contributed by atoms with E-state index in [4.69, 9.17) is 9.52 Å². The molecule has 1 aromatic heterocycles. The first-order valence-electron chi connectivity index (χ1n) is 5.81. The maximum atomic E-state index is 11.9. The monoisotopic (exact) mass is 256 g/mol. The highest BCUT2D eigenvalue weighted by molar-refractivity contribution is 7.84. The van der Waals surface area contributed by atoms with Crippen molar-refractivity contribution in [1.82, 2.24) is 0 Å². The molecule has 1 aliphatic rings. The van der Waals surface area contributed by atoms with Crippen LogP contribution in [0, 0.1) is 5.92 Å². The van der Waals surface area contributed by atoms with Crippen LogP contribution in [-0.4, -0.2) is 21.0 Å². The summed E-state index contributed by atoms with van der Waals surface area (Å²) in [6.45, 7) is 0. The van der Waals surface area contributed by atoms with Gasteiger partial charge in [0.2, 0.25) is 0 Å². The molecule has 0 spiro atoms. The predicted molar refractivity (Wildman–Crippen MR) is 64.3 cm³/mol. The lowest BCUT2D eigenvalue weighted by atomic mass is 10.1. The number of carbonyl (C=O) groups is 1. The summed E-state index contributed by atoms with van der Waals surface area (Å²) in [6, 6.07) is 1.45. The number of hydrogen-bond acceptors (Lipinski definition) is 3. The molecular formula is C12H16O4S. The smallest absolute Gasteiger partial charge is 0.338 e. The molecule has 0 amide bonds. The van der Waals surface area contributed by atoms with E-state index < -0.39 is 16.8 Å². The van der Waals surface area contributed by atoms with Gasteiger partial charge >= 0.3 is 5.97 Å². The Hall–Kier alpha value is -1.10. The van der Waals surface area contributed by atoms with Crippen molar-refractivity contribution >= 4 is 16.8 Å². The maximum absolute atomic E-state index is 11.9. The van der Waals surface area contributed by atoms with E-state index in [-0.39, 0.29) is 5.56 Å². The van der Waals surface area contributed by atoms with Crippen LogP contribution < -0.4 is 0 Å². The highest BCUT2D eigenvalue weighted by Crippen LogP contribution is 2.26. The number of carboxylic acid groups (broad SMARTS) is 1. The number of hydrogen-bond donors (Lipinski definition) is 1. The second-order valence-electron chi connectivity index (χ2n) is 4.51. The quantitative estimate of drug-likeness (QED) is 0.878. The summed E-state index contributed by atoms with van der Waals surface area (Å²) in [5.74, 6) is 1.09. The van der Waals surface area contributed by atoms with Gasteiger partial charge in [0.1, 0.15) is 12.0 Å². The van der Waals surface area contributed by atoms with Gasteiger partial charge in [0, 0.05) is 16.6 Å². The van der Waals surface area contributed by atoms with Crippen LogP contribution in [0.5, 0.6) is 0 Å². The van der Waals surface area contributed by atoms with E-state index in [1.807, 2.05) is 0 Å². The van der Waals surface area contributed by atoms with Crippen LogP contribution in [0.1, 0.15) is 41.8 Å². The van der Waals surface area contributed by atoms with E-state index in [0.717, 1.165) is 0 Å². The molecule has 0 bridgehead atoms. The van der Waals surface area contributed by atoms with Crippen molar-refractivity contribution in [2.24, 2.45) is 5.92 Å². The molecule has 4 nitrogen and oxygen atoms in total. The van der Waals surface area contributed by atoms with Gasteiger partial charge < -0.3 is 9.52 Å². The van der Waals surface area contributed by atoms with Gasteiger partial charge in [0.15, 0.2) is 0 Å². The van der Waals surface area contributed by atoms with Gasteiger partial charge in [-0.15, -0.1) is 0 Å². The first-order chi connectivity index (χ1) is 8.15. The van der Waals surface area contributed by atoms with Crippen molar-refractivity contribution < 1.29 is 18.5 Å². The third-order valence-electron chi connectivity index (χ3n) is 3.10. The summed E-state index contributed by atoms with van der Waals surface area (Å²) in [6.07, 6.45) is 6.02. The molecule has 1 unspecified atom stereocenters. The highest BCUT2D eigenvalue weighted by Gasteiger charge is 2.19. The standard InChI is InChI=1S/C12H16O4S/c13-12(14)10-5-11(16-6-10)8-17(15)7-9-3-1-2-4-9/h5-6,9H,1-4,7-8H2,(H,13,14). The average Bonchev–Trinajstić information content (AvgIpc) is 2.88. The lowest BCUT2D eigenvalue weighted by Crippen LogP contribution is -2.09. The number of rotatable bonds is 5. The molecule has 0 aliphatic heterocycles. The molecule has 2 rings (SSSR count). The van der Waals surface area contributed by atoms with Crippen LogP contribution in [0.15, 0.2) is 16.7 Å². The summed E-state index contributed by atoms with van der Waals surface area (Å²) in [4.78, 5) is 10.6. The number of carboxylic acids is 1. The van der Waals surface area contributed by atoms with Gasteiger partial charge in [-0.05, 0) is 24.8 Å². The normalized spacial score (nSPS) is 18.4. The second-order valence-corrected chi connectivity index (χ2v) is 6.01. The zero-order valence-electron chi connectivity index (χ0n) is 9.55. The van der Waals surface area contributed by atoms with E-state index in [9.17, 15) is 9.00 Å². The predicted octanol–water partition coefficient (Wildman–Crippen LogP) is 2.42. The molecule has 0 aromatic carbocycles. The molecule has 1 saturated carbocycles. The van der Waals surface area contributed by atoms with Crippen LogP contribution in [0.25, 0.3) is 0 Å². The largest absolute Gasteiger partial charge is 0.478 e. The van der Waals surface area contributed by atoms with Crippen LogP contribution in [0.4, 0.5) is 0 Å². The molecule has 1 aromatic rings. The summed E-state index contributed by atoms with van der Waals surface area (Å²) in [5, 5.41) is 8.73. The Labute approximate surface area is 102 Å². The van der Waals surface area contributed by atoms with Gasteiger partial charge in [0.05, 0.1) is 11.3 Å². The van der Waals surface area contributed by atoms with E-state index in [1.165, 1.54) is 38.0 Å². The molecular weight excluding hydrogens is 240 g/mol. The number of aromatic carboxylic acids is 1. The number of furan rings is 1. The Morgan fingerprint density at radius 1 is 1.47 bits per heavy atom. The summed E-state index contributed by atoms with van der Waals surface area (Å²) >= 11 is 0. The highest BCUT2D eigenvalue weighted by atomic mass is 32.2. The Kier molecular flexibility index (Phi) is 3.99. The van der Waals surface area contributed by atoms with Crippen molar-refractivity contribution in [2.75, 3.05) is 5.75 Å². The van der Waals surface area contributed by atoms with Gasteiger partial charge in [-0.25, -0.2) is 4.79 Å². The fourth-order valence-electron chi connectivity index (χ4n) is 2.23. The van der Waals surface area contributed by atoms with Crippen LogP contribution in [0.2, 0.25) is 0 Å². The molecule has 1 fully saturated rings. The Bertz CT molecular complexity index is 418. The molecule has 1 heterocycles. The minimum atomic E-state index is -1.01. The summed E-state index contributed by atoms with van der Waals surface area (Å²) < 4.78 is 16.9. The Balaban J connectivity index is 1.86. The first kappa shape index (κ1) is 12.4. The molecule has 1 aliphatic carbocycles. The van der Waals surface area contributed by atoms with Crippen molar-refractivity contribution in [1.29, 1.82) is 0 Å². The van der Waals surface area contributed by atoms with Crippen molar-refractivity contribution in [3.05, 3.63) is 23.7 Å². The molecule has 1 atom stereocenters. The van der Waals surface area contributed by atoms with Crippen molar-refractivity contribution in [3.63, 3.8) is 0 Å². The summed E-state index contributed by atoms with van der Waals surface area (Å²) in [7, 11) is -0.947. The van der Waals surface area contributed by atoms with E-state index in [1.54, 1.807) is 0 Å². The third-order valence-corrected chi connectivity index (χ3v) is 4.55. The fourth-order valence-corrected chi connectivity index (χ4v) is 3.67. The second kappa shape index (κ2) is 5.49. The van der Waals surface area contributed by atoms with Crippen molar-refractivity contribution in [3.8, 4) is 0 Å². The van der Waals surface area contributed by atoms with Gasteiger partial charge in [-0.3, -0.25) is 4.21 Å². The first-order valence-corrected chi connectivity index (χ1v) is 7.29. The topological polar surface area (TPSA) is 67.5 Å². The molecule has 1 N–H and O–H groups in total. The van der Waals surface area contributed by atoms with E-state index in [2.05, 4.69) is 0 Å². The minimum Gasteiger partial charge on any atom is -0.478 e. The maximum Gasteiger partial charge on any atom is 0.338 e. The Morgan fingerprint density at radius 3 is 2.76 bits per heavy atom. The molecule has 0 saturated heterocycles. The summed E-state index contributed by atoms with van der Waals surface area (Å²) in [5.41, 5.74) is 0.123.